The topological polar surface area (TPSA) is 29.9 Å². The van der Waals surface area contributed by atoms with Crippen LogP contribution in [0.25, 0.3) is 126 Å². The van der Waals surface area contributed by atoms with Gasteiger partial charge in [-0.15, -0.1) is 0 Å². The summed E-state index contributed by atoms with van der Waals surface area (Å²) in [5.41, 5.74) is 15.8. The van der Waals surface area contributed by atoms with Gasteiger partial charge in [0.25, 0.3) is 0 Å². The van der Waals surface area contributed by atoms with E-state index < -0.39 is 0 Å². The number of hydrogen-bond donors (Lipinski definition) is 1. The summed E-state index contributed by atoms with van der Waals surface area (Å²) in [5.74, 6) is 0. The molecule has 0 bridgehead atoms. The summed E-state index contributed by atoms with van der Waals surface area (Å²) in [7, 11) is 0. The normalized spacial score (nSPS) is 13.6. The Balaban J connectivity index is 1.05. The highest BCUT2D eigenvalue weighted by Gasteiger charge is 2.23. The molecule has 3 heteroatoms. The van der Waals surface area contributed by atoms with Crippen molar-refractivity contribution in [2.24, 2.45) is 0 Å². The molecule has 0 amide bonds. The molecule has 0 atom stereocenters. The summed E-state index contributed by atoms with van der Waals surface area (Å²) in [6, 6.07) is 68.2. The number of benzene rings is 10. The van der Waals surface area contributed by atoms with Gasteiger partial charge in [-0.25, -0.2) is 0 Å². The molecule has 3 heterocycles. The van der Waals surface area contributed by atoms with Crippen molar-refractivity contribution in [3.63, 3.8) is 0 Å². The maximum absolute atomic E-state index is 5.15. The molecule has 314 valence electrons. The number of nitrogens with one attached hydrogen (secondary N) is 1. The van der Waals surface area contributed by atoms with Crippen LogP contribution in [0.1, 0.15) is 23.2 Å². The quantitative estimate of drug-likeness (QED) is 0.175. The van der Waals surface area contributed by atoms with Gasteiger partial charge in [0.1, 0.15) is 0 Å². The van der Waals surface area contributed by atoms with Gasteiger partial charge in [0, 0.05) is 28.9 Å². The summed E-state index contributed by atoms with van der Waals surface area (Å²) in [6.07, 6.45) is 15.0. The van der Waals surface area contributed by atoms with E-state index in [0.29, 0.717) is 0 Å². The fraction of sp³-hybridized carbons (Fsp3) is 0.0469. The number of fused-ring (bicyclic) bond motifs is 10. The van der Waals surface area contributed by atoms with Gasteiger partial charge in [-0.2, -0.15) is 0 Å². The summed E-state index contributed by atoms with van der Waals surface area (Å²) in [5, 5.41) is 18.3. The largest absolute Gasteiger partial charge is 0.387 e. The number of nitrogens with zero attached hydrogens (tertiary/aromatic N) is 2. The number of allylic oxidation sites excluding steroid dienone is 3. The predicted molar refractivity (Wildman–Crippen MR) is 285 cm³/mol. The summed E-state index contributed by atoms with van der Waals surface area (Å²) >= 11 is 0. The first-order valence-corrected chi connectivity index (χ1v) is 23.4. The van der Waals surface area contributed by atoms with Crippen LogP contribution >= 0.6 is 0 Å². The van der Waals surface area contributed by atoms with E-state index in [1.165, 1.54) is 126 Å². The second kappa shape index (κ2) is 15.0. The summed E-state index contributed by atoms with van der Waals surface area (Å²) in [4.78, 5) is 5.15. The maximum atomic E-state index is 5.15. The Morgan fingerprint density at radius 3 is 1.81 bits per heavy atom. The average molecular weight is 854 g/mol. The molecule has 0 spiro atoms. The molecule has 1 aliphatic carbocycles. The monoisotopic (exact) mass is 853 g/mol. The molecule has 3 nitrogen and oxygen atoms in total. The van der Waals surface area contributed by atoms with E-state index in [1.807, 2.05) is 12.4 Å². The minimum Gasteiger partial charge on any atom is -0.387 e. The lowest BCUT2D eigenvalue weighted by molar-refractivity contribution is 0.980. The number of aromatic nitrogens is 2. The highest BCUT2D eigenvalue weighted by atomic mass is 15.0. The molecular weight excluding hydrogens is 811 g/mol. The summed E-state index contributed by atoms with van der Waals surface area (Å²) in [6.45, 7) is 0.721. The minimum absolute atomic E-state index is 0.721. The van der Waals surface area contributed by atoms with Crippen LogP contribution in [0.15, 0.2) is 213 Å². The van der Waals surface area contributed by atoms with Crippen molar-refractivity contribution in [2.45, 2.75) is 12.8 Å². The van der Waals surface area contributed by atoms with Crippen molar-refractivity contribution < 1.29 is 0 Å². The molecule has 14 rings (SSSR count). The van der Waals surface area contributed by atoms with Crippen LogP contribution in [-0.2, 0) is 6.42 Å². The van der Waals surface area contributed by atoms with Gasteiger partial charge in [0.05, 0.1) is 22.4 Å². The minimum atomic E-state index is 0.721. The zero-order chi connectivity index (χ0) is 44.0. The molecule has 0 radical (unpaired) electrons. The zero-order valence-corrected chi connectivity index (χ0v) is 36.8. The van der Waals surface area contributed by atoms with E-state index in [2.05, 4.69) is 216 Å². The van der Waals surface area contributed by atoms with E-state index in [1.54, 1.807) is 0 Å². The Labute approximate surface area is 388 Å². The fourth-order valence-corrected chi connectivity index (χ4v) is 11.4. The fourth-order valence-electron chi connectivity index (χ4n) is 11.4. The third-order valence-corrected chi connectivity index (χ3v) is 14.5. The second-order valence-corrected chi connectivity index (χ2v) is 18.2. The Hall–Kier alpha value is -8.53. The van der Waals surface area contributed by atoms with Crippen LogP contribution in [-0.4, -0.2) is 16.1 Å². The van der Waals surface area contributed by atoms with Crippen molar-refractivity contribution in [2.75, 3.05) is 6.54 Å². The highest BCUT2D eigenvalue weighted by Crippen LogP contribution is 2.47. The number of hydrogen-bond acceptors (Lipinski definition) is 2. The molecule has 1 N–H and O–H groups in total. The Kier molecular flexibility index (Phi) is 8.47. The van der Waals surface area contributed by atoms with E-state index in [4.69, 9.17) is 4.98 Å². The molecule has 10 aromatic carbocycles. The van der Waals surface area contributed by atoms with Gasteiger partial charge in [-0.1, -0.05) is 158 Å². The molecule has 2 aliphatic rings. The second-order valence-electron chi connectivity index (χ2n) is 18.2. The van der Waals surface area contributed by atoms with Crippen LogP contribution in [0, 0.1) is 0 Å². The van der Waals surface area contributed by atoms with Gasteiger partial charge >= 0.3 is 0 Å². The number of rotatable bonds is 5. The highest BCUT2D eigenvalue weighted by molar-refractivity contribution is 6.23. The molecule has 67 heavy (non-hydrogen) atoms. The van der Waals surface area contributed by atoms with Crippen LogP contribution in [0.5, 0.6) is 0 Å². The average Bonchev–Trinajstić information content (AvgIpc) is 3.73. The van der Waals surface area contributed by atoms with Crippen molar-refractivity contribution in [3.8, 4) is 39.1 Å². The van der Waals surface area contributed by atoms with Gasteiger partial charge in [0.2, 0.25) is 0 Å². The first kappa shape index (κ1) is 37.8. The number of aryl methyl sites for hydroxylation is 1. The lowest BCUT2D eigenvalue weighted by Crippen LogP contribution is -2.12. The molecule has 12 aromatic rings. The smallest absolute Gasteiger partial charge is 0.0779 e. The standard InChI is InChI=1S/C64H43N3/c1-3-14-42-34-47(25-23-40(42)12-1)61-53-21-9-10-22-54(53)62(48-26-24-41-13-2-4-15-43(41)35-48)56-36-44(27-29-55(56)61)45-28-30-58-57(37-45)63-59(31-33-66-64(63)49-17-11-32-65-39-49)67(58)60-38-46-16-5-6-18-50(46)51-19-7-8-20-52(51)60/h1-4,6-15,17-38,65H,5,16,39H2. The van der Waals surface area contributed by atoms with E-state index >= 15 is 0 Å². The third kappa shape index (κ3) is 5.94. The molecule has 2 aromatic heterocycles. The van der Waals surface area contributed by atoms with Gasteiger partial charge in [0.15, 0.2) is 0 Å². The molecule has 0 unspecified atom stereocenters. The van der Waals surface area contributed by atoms with Gasteiger partial charge in [-0.3, -0.25) is 4.98 Å². The molecule has 0 saturated heterocycles. The number of dihydropyridines is 1. The van der Waals surface area contributed by atoms with E-state index in [-0.39, 0.29) is 0 Å². The Morgan fingerprint density at radius 2 is 1.09 bits per heavy atom. The first-order chi connectivity index (χ1) is 33.2. The predicted octanol–water partition coefficient (Wildman–Crippen LogP) is 16.4. The van der Waals surface area contributed by atoms with Crippen molar-refractivity contribution >= 4 is 87.3 Å². The van der Waals surface area contributed by atoms with Crippen molar-refractivity contribution in [1.82, 2.24) is 14.9 Å². The van der Waals surface area contributed by atoms with Crippen LogP contribution in [0.4, 0.5) is 0 Å². The number of pyridine rings is 1. The Bertz CT molecular complexity index is 4160. The lowest BCUT2D eigenvalue weighted by atomic mass is 9.84. The van der Waals surface area contributed by atoms with Crippen LogP contribution in [0.2, 0.25) is 0 Å². The maximum Gasteiger partial charge on any atom is 0.0779 e. The molecular formula is C64H43N3. The molecule has 0 fully saturated rings. The zero-order valence-electron chi connectivity index (χ0n) is 36.8. The summed E-state index contributed by atoms with van der Waals surface area (Å²) < 4.78 is 2.51. The van der Waals surface area contributed by atoms with Gasteiger partial charge < -0.3 is 9.88 Å². The van der Waals surface area contributed by atoms with E-state index in [9.17, 15) is 0 Å². The SMILES string of the molecule is C1=CNCC(c2nccc3c2c2cc(-c4ccc5c(-c6ccc7ccccc7c6)c6ccccc6c(-c6ccc7ccccc7c6)c5c4)ccc2n3-c2cc3c(c4ccccc24)C=CCC3)=C1. The van der Waals surface area contributed by atoms with E-state index in [0.717, 1.165) is 30.6 Å². The first-order valence-electron chi connectivity index (χ1n) is 23.4. The third-order valence-electron chi connectivity index (χ3n) is 14.5. The van der Waals surface area contributed by atoms with Gasteiger partial charge in [-0.05, 0) is 166 Å². The lowest BCUT2D eigenvalue weighted by Gasteiger charge is -2.19. The van der Waals surface area contributed by atoms with Crippen LogP contribution in [0.3, 0.4) is 0 Å². The Morgan fingerprint density at radius 1 is 0.478 bits per heavy atom. The van der Waals surface area contributed by atoms with Crippen molar-refractivity contribution in [3.05, 3.63) is 229 Å². The molecule has 1 aliphatic heterocycles. The molecule has 0 saturated carbocycles. The van der Waals surface area contributed by atoms with Crippen molar-refractivity contribution in [1.29, 1.82) is 0 Å². The van der Waals surface area contributed by atoms with Crippen LogP contribution < -0.4 is 5.32 Å².